The third-order valence-corrected chi connectivity index (χ3v) is 7.53. The Labute approximate surface area is 232 Å². The highest BCUT2D eigenvalue weighted by molar-refractivity contribution is 5.77. The van der Waals surface area contributed by atoms with Gasteiger partial charge in [-0.15, -0.1) is 0 Å². The summed E-state index contributed by atoms with van der Waals surface area (Å²) in [4.78, 5) is 24.2. The van der Waals surface area contributed by atoms with Crippen LogP contribution in [0.2, 0.25) is 0 Å². The van der Waals surface area contributed by atoms with E-state index in [0.717, 1.165) is 25.7 Å². The van der Waals surface area contributed by atoms with Crippen LogP contribution in [0.25, 0.3) is 0 Å². The Balaban J connectivity index is 3.42. The Morgan fingerprint density at radius 2 is 0.757 bits per heavy atom. The maximum absolute atomic E-state index is 12.2. The molecule has 0 rings (SSSR count). The van der Waals surface area contributed by atoms with Crippen LogP contribution in [0.5, 0.6) is 0 Å². The van der Waals surface area contributed by atoms with Crippen molar-refractivity contribution in [2.24, 2.45) is 0 Å². The monoisotopic (exact) mass is 523 g/mol. The van der Waals surface area contributed by atoms with Crippen molar-refractivity contribution in [3.8, 4) is 0 Å². The molecule has 0 fully saturated rings. The van der Waals surface area contributed by atoms with Crippen molar-refractivity contribution in [3.63, 3.8) is 0 Å². The molecule has 0 aliphatic rings. The summed E-state index contributed by atoms with van der Waals surface area (Å²) < 4.78 is 0. The van der Waals surface area contributed by atoms with E-state index in [4.69, 9.17) is 0 Å². The zero-order valence-electron chi connectivity index (χ0n) is 25.5. The molecule has 0 aromatic carbocycles. The second kappa shape index (κ2) is 29.5. The lowest BCUT2D eigenvalue weighted by Gasteiger charge is -2.15. The fourth-order valence-corrected chi connectivity index (χ4v) is 5.01. The molecule has 2 amide bonds. The van der Waals surface area contributed by atoms with Gasteiger partial charge < -0.3 is 10.6 Å². The van der Waals surface area contributed by atoms with Gasteiger partial charge in [-0.2, -0.15) is 0 Å². The molecule has 0 aromatic heterocycles. The number of amides is 2. The van der Waals surface area contributed by atoms with Crippen molar-refractivity contribution in [2.45, 2.75) is 194 Å². The summed E-state index contributed by atoms with van der Waals surface area (Å²) in [6.07, 6.45) is 32.6. The van der Waals surface area contributed by atoms with E-state index in [-0.39, 0.29) is 17.9 Å². The highest BCUT2D eigenvalue weighted by Gasteiger charge is 2.09. The van der Waals surface area contributed by atoms with Crippen LogP contribution < -0.4 is 10.6 Å². The molecule has 1 atom stereocenters. The van der Waals surface area contributed by atoms with E-state index in [1.807, 2.05) is 6.92 Å². The summed E-state index contributed by atoms with van der Waals surface area (Å²) >= 11 is 0. The van der Waals surface area contributed by atoms with E-state index in [1.54, 1.807) is 0 Å². The molecule has 4 nitrogen and oxygen atoms in total. The van der Waals surface area contributed by atoms with E-state index in [9.17, 15) is 9.59 Å². The molecule has 0 bridgehead atoms. The lowest BCUT2D eigenvalue weighted by atomic mass is 10.0. The minimum atomic E-state index is -0.00394. The van der Waals surface area contributed by atoms with Crippen LogP contribution in [0.4, 0.5) is 0 Å². The van der Waals surface area contributed by atoms with Crippen LogP contribution in [-0.4, -0.2) is 24.4 Å². The van der Waals surface area contributed by atoms with Gasteiger partial charge in [-0.05, 0) is 19.8 Å². The molecule has 0 heterocycles. The average Bonchev–Trinajstić information content (AvgIpc) is 2.88. The first-order valence-electron chi connectivity index (χ1n) is 16.7. The molecule has 0 unspecified atom stereocenters. The molecule has 4 heteroatoms. The number of rotatable bonds is 29. The normalized spacial score (nSPS) is 12.0. The van der Waals surface area contributed by atoms with Crippen LogP contribution in [0.1, 0.15) is 188 Å². The number of carbonyl (C=O) groups excluding carboxylic acids is 2. The minimum Gasteiger partial charge on any atom is -0.354 e. The summed E-state index contributed by atoms with van der Waals surface area (Å²) in [5, 5.41) is 6.02. The quantitative estimate of drug-likeness (QED) is 0.0960. The second-order valence-corrected chi connectivity index (χ2v) is 11.6. The molecule has 0 saturated carbocycles. The van der Waals surface area contributed by atoms with E-state index < -0.39 is 0 Å². The predicted molar refractivity (Wildman–Crippen MR) is 162 cm³/mol. The van der Waals surface area contributed by atoms with Gasteiger partial charge in [0.1, 0.15) is 0 Å². The summed E-state index contributed by atoms with van der Waals surface area (Å²) in [6.45, 7) is 7.04. The van der Waals surface area contributed by atoms with Gasteiger partial charge in [0.25, 0.3) is 0 Å². The smallest absolute Gasteiger partial charge is 0.220 e. The van der Waals surface area contributed by atoms with E-state index in [0.29, 0.717) is 19.4 Å². The molecular weight excluding hydrogens is 456 g/mol. The van der Waals surface area contributed by atoms with E-state index in [1.165, 1.54) is 128 Å². The van der Waals surface area contributed by atoms with Crippen molar-refractivity contribution in [1.29, 1.82) is 0 Å². The highest BCUT2D eigenvalue weighted by Crippen LogP contribution is 2.13. The molecule has 2 N–H and O–H groups in total. The van der Waals surface area contributed by atoms with Crippen molar-refractivity contribution in [3.05, 3.63) is 0 Å². The van der Waals surface area contributed by atoms with Crippen LogP contribution in [0, 0.1) is 0 Å². The number of hydrogen-bond donors (Lipinski definition) is 2. The SMILES string of the molecule is CCCCCCCCCCCCCCCC(=O)N[C@H](C)CNC(=O)CCCCCCCCCCCCC. The standard InChI is InChI=1S/C33H66N2O2/c1-4-6-8-10-12-14-16-17-19-21-23-25-27-29-33(37)35-31(3)30-34-32(36)28-26-24-22-20-18-15-13-11-9-7-5-2/h31H,4-30H2,1-3H3,(H,34,36)(H,35,37)/t31-/m1/s1. The number of hydrogen-bond acceptors (Lipinski definition) is 2. The van der Waals surface area contributed by atoms with E-state index >= 15 is 0 Å². The fraction of sp³-hybridized carbons (Fsp3) is 0.939. The first-order valence-corrected chi connectivity index (χ1v) is 16.7. The van der Waals surface area contributed by atoms with Gasteiger partial charge in [-0.3, -0.25) is 9.59 Å². The van der Waals surface area contributed by atoms with Crippen molar-refractivity contribution in [1.82, 2.24) is 10.6 Å². The topological polar surface area (TPSA) is 58.2 Å². The Morgan fingerprint density at radius 3 is 1.11 bits per heavy atom. The Kier molecular flexibility index (Phi) is 28.7. The fourth-order valence-electron chi connectivity index (χ4n) is 5.01. The second-order valence-electron chi connectivity index (χ2n) is 11.6. The van der Waals surface area contributed by atoms with Crippen LogP contribution >= 0.6 is 0 Å². The van der Waals surface area contributed by atoms with Crippen LogP contribution in [-0.2, 0) is 9.59 Å². The van der Waals surface area contributed by atoms with Gasteiger partial charge >= 0.3 is 0 Å². The molecule has 0 aliphatic heterocycles. The largest absolute Gasteiger partial charge is 0.354 e. The zero-order valence-corrected chi connectivity index (χ0v) is 25.5. The molecule has 0 aromatic rings. The maximum atomic E-state index is 12.2. The lowest BCUT2D eigenvalue weighted by Crippen LogP contribution is -2.41. The van der Waals surface area contributed by atoms with Gasteiger partial charge in [-0.25, -0.2) is 0 Å². The summed E-state index contributed by atoms with van der Waals surface area (Å²) in [7, 11) is 0. The summed E-state index contributed by atoms with van der Waals surface area (Å²) in [5.74, 6) is 0.240. The number of nitrogens with one attached hydrogen (secondary N) is 2. The van der Waals surface area contributed by atoms with Gasteiger partial charge in [0.05, 0.1) is 0 Å². The van der Waals surface area contributed by atoms with Crippen LogP contribution in [0.15, 0.2) is 0 Å². The van der Waals surface area contributed by atoms with Crippen LogP contribution in [0.3, 0.4) is 0 Å². The molecule has 0 spiro atoms. The third-order valence-electron chi connectivity index (χ3n) is 7.53. The number of unbranched alkanes of at least 4 members (excludes halogenated alkanes) is 22. The number of carbonyl (C=O) groups is 2. The summed E-state index contributed by atoms with van der Waals surface area (Å²) in [5.41, 5.74) is 0. The maximum Gasteiger partial charge on any atom is 0.220 e. The third kappa shape index (κ3) is 29.4. The van der Waals surface area contributed by atoms with Crippen molar-refractivity contribution in [2.75, 3.05) is 6.54 Å². The van der Waals surface area contributed by atoms with Gasteiger partial charge in [0.2, 0.25) is 11.8 Å². The average molecular weight is 523 g/mol. The summed E-state index contributed by atoms with van der Waals surface area (Å²) in [6, 6.07) is -0.00394. The Bertz CT molecular complexity index is 495. The van der Waals surface area contributed by atoms with Gasteiger partial charge in [0, 0.05) is 25.4 Å². The zero-order chi connectivity index (χ0) is 27.2. The molecule has 0 saturated heterocycles. The molecule has 0 aliphatic carbocycles. The Morgan fingerprint density at radius 1 is 0.459 bits per heavy atom. The van der Waals surface area contributed by atoms with E-state index in [2.05, 4.69) is 24.5 Å². The first-order chi connectivity index (χ1) is 18.1. The molecular formula is C33H66N2O2. The minimum absolute atomic E-state index is 0.00394. The van der Waals surface area contributed by atoms with Gasteiger partial charge in [0.15, 0.2) is 0 Å². The predicted octanol–water partition coefficient (Wildman–Crippen LogP) is 9.79. The van der Waals surface area contributed by atoms with Crippen molar-refractivity contribution >= 4 is 11.8 Å². The van der Waals surface area contributed by atoms with Gasteiger partial charge in [-0.1, -0.05) is 155 Å². The highest BCUT2D eigenvalue weighted by atomic mass is 16.2. The molecule has 37 heavy (non-hydrogen) atoms. The van der Waals surface area contributed by atoms with Crippen molar-refractivity contribution < 1.29 is 9.59 Å². The lowest BCUT2D eigenvalue weighted by molar-refractivity contribution is -0.123. The molecule has 220 valence electrons. The Hall–Kier alpha value is -1.06. The molecule has 0 radical (unpaired) electrons. The first kappa shape index (κ1) is 35.9.